The van der Waals surface area contributed by atoms with Gasteiger partial charge in [-0.05, 0) is 37.6 Å². The van der Waals surface area contributed by atoms with E-state index >= 15 is 0 Å². The molecule has 0 amide bonds. The quantitative estimate of drug-likeness (QED) is 0.240. The highest BCUT2D eigenvalue weighted by atomic mass is 32.2. The van der Waals surface area contributed by atoms with Crippen LogP contribution in [0.5, 0.6) is 0 Å². The number of para-hydroxylation sites is 1. The van der Waals surface area contributed by atoms with E-state index in [1.165, 1.54) is 17.3 Å². The van der Waals surface area contributed by atoms with E-state index in [2.05, 4.69) is 10.2 Å². The second kappa shape index (κ2) is 9.23. The molecule has 4 aromatic rings. The molecule has 4 rings (SSSR count). The molecular weight excluding hydrogens is 400 g/mol. The van der Waals surface area contributed by atoms with E-state index in [-0.39, 0.29) is 5.56 Å². The number of hydrogen-bond donors (Lipinski definition) is 0. The minimum Gasteiger partial charge on any atom is -0.420 e. The van der Waals surface area contributed by atoms with E-state index in [9.17, 15) is 4.79 Å². The molecule has 2 heterocycles. The van der Waals surface area contributed by atoms with Crippen LogP contribution in [0.15, 0.2) is 62.9 Å². The Morgan fingerprint density at radius 1 is 1.10 bits per heavy atom. The van der Waals surface area contributed by atoms with Crippen LogP contribution >= 0.6 is 11.8 Å². The van der Waals surface area contributed by atoms with Gasteiger partial charge in [-0.25, -0.2) is 4.98 Å². The molecule has 0 spiro atoms. The molecule has 0 saturated heterocycles. The Morgan fingerprint density at radius 2 is 1.90 bits per heavy atom. The zero-order chi connectivity index (χ0) is 20.9. The van der Waals surface area contributed by atoms with Crippen LogP contribution in [0.3, 0.4) is 0 Å². The van der Waals surface area contributed by atoms with E-state index in [1.54, 1.807) is 17.7 Å². The fourth-order valence-corrected chi connectivity index (χ4v) is 3.94. The summed E-state index contributed by atoms with van der Waals surface area (Å²) in [5.41, 5.74) is 2.68. The topological polar surface area (TPSA) is 83.0 Å². The normalized spacial score (nSPS) is 11.3. The summed E-state index contributed by atoms with van der Waals surface area (Å²) in [6.07, 6.45) is 0.724. The van der Waals surface area contributed by atoms with Crippen molar-refractivity contribution in [2.75, 3.05) is 13.7 Å². The molecule has 0 saturated carbocycles. The molecule has 0 bridgehead atoms. The maximum atomic E-state index is 13.0. The molecule has 0 aliphatic rings. The van der Waals surface area contributed by atoms with Gasteiger partial charge in [-0.3, -0.25) is 9.36 Å². The van der Waals surface area contributed by atoms with Gasteiger partial charge in [0.15, 0.2) is 5.16 Å². The lowest BCUT2D eigenvalue weighted by Crippen LogP contribution is -2.24. The van der Waals surface area contributed by atoms with Gasteiger partial charge in [0.2, 0.25) is 11.8 Å². The number of thioether (sulfide) groups is 1. The lowest BCUT2D eigenvalue weighted by molar-refractivity contribution is 0.189. The SMILES string of the molecule is COCCCn1c(SCc2nnc(-c3ccc(C)cc3)o2)nc2ccccc2c1=O. The highest BCUT2D eigenvalue weighted by Gasteiger charge is 2.14. The van der Waals surface area contributed by atoms with Crippen LogP contribution < -0.4 is 5.56 Å². The molecule has 0 unspecified atom stereocenters. The molecule has 8 heteroatoms. The van der Waals surface area contributed by atoms with Gasteiger partial charge in [0.05, 0.1) is 16.7 Å². The third kappa shape index (κ3) is 4.44. The van der Waals surface area contributed by atoms with Gasteiger partial charge in [0.25, 0.3) is 5.56 Å². The Hall–Kier alpha value is -2.97. The van der Waals surface area contributed by atoms with Crippen LogP contribution in [0.4, 0.5) is 0 Å². The minimum absolute atomic E-state index is 0.0509. The molecule has 0 aliphatic carbocycles. The third-order valence-electron chi connectivity index (χ3n) is 4.65. The summed E-state index contributed by atoms with van der Waals surface area (Å²) in [6.45, 7) is 3.14. The van der Waals surface area contributed by atoms with Crippen LogP contribution in [0, 0.1) is 6.92 Å². The largest absolute Gasteiger partial charge is 0.420 e. The smallest absolute Gasteiger partial charge is 0.262 e. The standard InChI is InChI=1S/C22H22N4O3S/c1-15-8-10-16(11-9-15)20-25-24-19(29-20)14-30-22-23-18-7-4-3-6-17(18)21(27)26(22)12-5-13-28-2/h3-4,6-11H,5,12-14H2,1-2H3. The van der Waals surface area contributed by atoms with Gasteiger partial charge >= 0.3 is 0 Å². The van der Waals surface area contributed by atoms with Gasteiger partial charge < -0.3 is 9.15 Å². The molecule has 0 aliphatic heterocycles. The first kappa shape index (κ1) is 20.3. The van der Waals surface area contributed by atoms with E-state index in [0.29, 0.717) is 46.7 Å². The number of fused-ring (bicyclic) bond motifs is 1. The molecule has 7 nitrogen and oxygen atoms in total. The van der Waals surface area contributed by atoms with Gasteiger partial charge in [-0.1, -0.05) is 41.6 Å². The number of rotatable bonds is 8. The minimum atomic E-state index is -0.0509. The summed E-state index contributed by atoms with van der Waals surface area (Å²) in [7, 11) is 1.65. The fraction of sp³-hybridized carbons (Fsp3) is 0.273. The molecule has 0 fully saturated rings. The van der Waals surface area contributed by atoms with E-state index < -0.39 is 0 Å². The molecule has 2 aromatic carbocycles. The van der Waals surface area contributed by atoms with Crippen molar-refractivity contribution in [2.24, 2.45) is 0 Å². The highest BCUT2D eigenvalue weighted by Crippen LogP contribution is 2.24. The molecule has 2 aromatic heterocycles. The Labute approximate surface area is 178 Å². The third-order valence-corrected chi connectivity index (χ3v) is 5.61. The molecule has 0 N–H and O–H groups in total. The summed E-state index contributed by atoms with van der Waals surface area (Å²) in [5.74, 6) is 1.39. The second-order valence-electron chi connectivity index (χ2n) is 6.87. The van der Waals surface area contributed by atoms with Crippen molar-refractivity contribution in [2.45, 2.75) is 30.8 Å². The zero-order valence-electron chi connectivity index (χ0n) is 16.9. The predicted molar refractivity (Wildman–Crippen MR) is 117 cm³/mol. The first-order valence-corrected chi connectivity index (χ1v) is 10.6. The van der Waals surface area contributed by atoms with Crippen molar-refractivity contribution in [3.63, 3.8) is 0 Å². The Bertz CT molecular complexity index is 1200. The average molecular weight is 423 g/mol. The molecule has 30 heavy (non-hydrogen) atoms. The van der Waals surface area contributed by atoms with Gasteiger partial charge in [0, 0.05) is 25.8 Å². The maximum Gasteiger partial charge on any atom is 0.262 e. The number of benzene rings is 2. The van der Waals surface area contributed by atoms with Crippen LogP contribution in [0.25, 0.3) is 22.4 Å². The number of methoxy groups -OCH3 is 1. The Balaban J connectivity index is 1.58. The summed E-state index contributed by atoms with van der Waals surface area (Å²) >= 11 is 1.41. The van der Waals surface area contributed by atoms with Crippen molar-refractivity contribution in [1.29, 1.82) is 0 Å². The van der Waals surface area contributed by atoms with Crippen LogP contribution in [0.2, 0.25) is 0 Å². The summed E-state index contributed by atoms with van der Waals surface area (Å²) < 4.78 is 12.6. The van der Waals surface area contributed by atoms with Crippen LogP contribution in [-0.2, 0) is 17.0 Å². The predicted octanol–water partition coefficient (Wildman–Crippen LogP) is 4.08. The summed E-state index contributed by atoms with van der Waals surface area (Å²) in [6, 6.07) is 15.3. The van der Waals surface area contributed by atoms with Crippen LogP contribution in [-0.4, -0.2) is 33.5 Å². The van der Waals surface area contributed by atoms with Crippen molar-refractivity contribution in [3.8, 4) is 11.5 Å². The highest BCUT2D eigenvalue weighted by molar-refractivity contribution is 7.98. The first-order chi connectivity index (χ1) is 14.7. The summed E-state index contributed by atoms with van der Waals surface area (Å²) in [4.78, 5) is 17.7. The zero-order valence-corrected chi connectivity index (χ0v) is 17.7. The van der Waals surface area contributed by atoms with Gasteiger partial charge in [0.1, 0.15) is 0 Å². The molecule has 0 radical (unpaired) electrons. The van der Waals surface area contributed by atoms with Gasteiger partial charge in [-0.2, -0.15) is 0 Å². The monoisotopic (exact) mass is 422 g/mol. The van der Waals surface area contributed by atoms with Crippen molar-refractivity contribution >= 4 is 22.7 Å². The van der Waals surface area contributed by atoms with E-state index in [1.807, 2.05) is 49.4 Å². The van der Waals surface area contributed by atoms with E-state index in [4.69, 9.17) is 14.1 Å². The maximum absolute atomic E-state index is 13.0. The molecule has 154 valence electrons. The van der Waals surface area contributed by atoms with Crippen molar-refractivity contribution in [1.82, 2.24) is 19.7 Å². The molecular formula is C22H22N4O3S. The number of hydrogen-bond acceptors (Lipinski definition) is 7. The Morgan fingerprint density at radius 3 is 2.70 bits per heavy atom. The number of ether oxygens (including phenoxy) is 1. The van der Waals surface area contributed by atoms with Crippen LogP contribution in [0.1, 0.15) is 17.9 Å². The lowest BCUT2D eigenvalue weighted by atomic mass is 10.1. The fourth-order valence-electron chi connectivity index (χ4n) is 3.07. The number of aromatic nitrogens is 4. The average Bonchev–Trinajstić information content (AvgIpc) is 3.24. The van der Waals surface area contributed by atoms with Crippen molar-refractivity contribution in [3.05, 3.63) is 70.3 Å². The van der Waals surface area contributed by atoms with Gasteiger partial charge in [-0.15, -0.1) is 10.2 Å². The lowest BCUT2D eigenvalue weighted by Gasteiger charge is -2.12. The first-order valence-electron chi connectivity index (χ1n) is 9.66. The number of aryl methyl sites for hydroxylation is 1. The second-order valence-corrected chi connectivity index (χ2v) is 7.81. The number of nitrogens with zero attached hydrogens (tertiary/aromatic N) is 4. The van der Waals surface area contributed by atoms with Crippen molar-refractivity contribution < 1.29 is 9.15 Å². The summed E-state index contributed by atoms with van der Waals surface area (Å²) in [5, 5.41) is 9.53. The van der Waals surface area contributed by atoms with E-state index in [0.717, 1.165) is 12.0 Å². The molecule has 0 atom stereocenters. The Kier molecular flexibility index (Phi) is 6.25.